The number of hydrogen-bond donors (Lipinski definition) is 1. The Hall–Kier alpha value is -3.28. The molecular formula is C26H32N2O4. The summed E-state index contributed by atoms with van der Waals surface area (Å²) < 4.78 is 11.6. The van der Waals surface area contributed by atoms with Gasteiger partial charge in [-0.25, -0.2) is 9.59 Å². The van der Waals surface area contributed by atoms with E-state index in [1.54, 1.807) is 14.0 Å². The zero-order chi connectivity index (χ0) is 23.6. The summed E-state index contributed by atoms with van der Waals surface area (Å²) in [4.78, 5) is 27.4. The number of benzene rings is 2. The van der Waals surface area contributed by atoms with Gasteiger partial charge in [0.25, 0.3) is 0 Å². The molecule has 0 radical (unpaired) electrons. The maximum absolute atomic E-state index is 13.1. The molecule has 32 heavy (non-hydrogen) atoms. The molecular weight excluding hydrogens is 404 g/mol. The highest BCUT2D eigenvalue weighted by Crippen LogP contribution is 2.34. The number of rotatable bonds is 6. The van der Waals surface area contributed by atoms with Crippen LogP contribution >= 0.6 is 0 Å². The lowest BCUT2D eigenvalue weighted by Gasteiger charge is -2.35. The van der Waals surface area contributed by atoms with Crippen LogP contribution in [0.2, 0.25) is 0 Å². The number of hydrogen-bond acceptors (Lipinski definition) is 4. The predicted octanol–water partition coefficient (Wildman–Crippen LogP) is 4.82. The summed E-state index contributed by atoms with van der Waals surface area (Å²) in [5, 5.41) is 2.97. The second-order valence-corrected chi connectivity index (χ2v) is 8.38. The van der Waals surface area contributed by atoms with E-state index in [4.69, 9.17) is 9.47 Å². The number of nitrogens with one attached hydrogen (secondary N) is 1. The fraction of sp³-hybridized carbons (Fsp3) is 0.385. The average Bonchev–Trinajstić information content (AvgIpc) is 2.73. The van der Waals surface area contributed by atoms with Gasteiger partial charge in [-0.05, 0) is 75.4 Å². The lowest BCUT2D eigenvalue weighted by molar-refractivity contribution is -0.139. The number of nitrogens with zero attached hydrogens (tertiary/aromatic N) is 1. The van der Waals surface area contributed by atoms with E-state index in [1.807, 2.05) is 58.9 Å². The molecule has 1 aliphatic heterocycles. The van der Waals surface area contributed by atoms with Crippen LogP contribution in [0.25, 0.3) is 0 Å². The van der Waals surface area contributed by atoms with Gasteiger partial charge in [-0.3, -0.25) is 4.90 Å². The number of likely N-dealkylation sites (N-methyl/N-ethyl adjacent to an activating group) is 1. The fourth-order valence-corrected chi connectivity index (χ4v) is 3.98. The molecule has 1 atom stereocenters. The van der Waals surface area contributed by atoms with Crippen LogP contribution in [0, 0.1) is 34.6 Å². The SMILES string of the molecule is CCOC(=O)C1=C(COc2cc(C)cc(C)c2C)N(C)C(=O)N[C@H]1c1cc(C)ccc1C. The lowest BCUT2D eigenvalue weighted by Crippen LogP contribution is -2.48. The number of urea groups is 1. The molecule has 0 unspecified atom stereocenters. The van der Waals surface area contributed by atoms with Gasteiger partial charge in [-0.1, -0.05) is 29.8 Å². The van der Waals surface area contributed by atoms with Crippen molar-refractivity contribution in [3.63, 3.8) is 0 Å². The van der Waals surface area contributed by atoms with Crippen LogP contribution in [0.5, 0.6) is 5.75 Å². The van der Waals surface area contributed by atoms with E-state index in [9.17, 15) is 9.59 Å². The van der Waals surface area contributed by atoms with Gasteiger partial charge in [0, 0.05) is 7.05 Å². The molecule has 0 saturated heterocycles. The van der Waals surface area contributed by atoms with Crippen molar-refractivity contribution in [1.29, 1.82) is 0 Å². The van der Waals surface area contributed by atoms with Gasteiger partial charge in [0.2, 0.25) is 0 Å². The van der Waals surface area contributed by atoms with E-state index in [1.165, 1.54) is 4.90 Å². The quantitative estimate of drug-likeness (QED) is 0.659. The number of aryl methyl sites for hydroxylation is 4. The third-order valence-electron chi connectivity index (χ3n) is 5.95. The van der Waals surface area contributed by atoms with E-state index < -0.39 is 12.0 Å². The lowest BCUT2D eigenvalue weighted by atomic mass is 9.90. The van der Waals surface area contributed by atoms with Gasteiger partial charge >= 0.3 is 12.0 Å². The van der Waals surface area contributed by atoms with Crippen molar-refractivity contribution in [2.75, 3.05) is 20.3 Å². The van der Waals surface area contributed by atoms with Crippen molar-refractivity contribution >= 4 is 12.0 Å². The maximum Gasteiger partial charge on any atom is 0.338 e. The number of ether oxygens (including phenoxy) is 2. The summed E-state index contributed by atoms with van der Waals surface area (Å²) in [6.07, 6.45) is 0. The van der Waals surface area contributed by atoms with Crippen LogP contribution in [0.3, 0.4) is 0 Å². The van der Waals surface area contributed by atoms with Crippen molar-refractivity contribution in [1.82, 2.24) is 10.2 Å². The van der Waals surface area contributed by atoms with Crippen LogP contribution in [-0.2, 0) is 9.53 Å². The van der Waals surface area contributed by atoms with Gasteiger partial charge < -0.3 is 14.8 Å². The number of carbonyl (C=O) groups is 2. The summed E-state index contributed by atoms with van der Waals surface area (Å²) in [5.41, 5.74) is 7.04. The second kappa shape index (κ2) is 9.47. The molecule has 2 amide bonds. The smallest absolute Gasteiger partial charge is 0.338 e. The maximum atomic E-state index is 13.1. The molecule has 3 rings (SSSR count). The predicted molar refractivity (Wildman–Crippen MR) is 125 cm³/mol. The first-order valence-corrected chi connectivity index (χ1v) is 10.9. The van der Waals surface area contributed by atoms with Crippen molar-refractivity contribution < 1.29 is 19.1 Å². The van der Waals surface area contributed by atoms with E-state index >= 15 is 0 Å². The van der Waals surface area contributed by atoms with E-state index in [0.717, 1.165) is 39.1 Å². The van der Waals surface area contributed by atoms with Gasteiger partial charge in [0.1, 0.15) is 12.4 Å². The van der Waals surface area contributed by atoms with Crippen molar-refractivity contribution in [3.05, 3.63) is 75.0 Å². The molecule has 2 aromatic rings. The molecule has 2 aromatic carbocycles. The summed E-state index contributed by atoms with van der Waals surface area (Å²) in [5.74, 6) is 0.280. The Bertz CT molecular complexity index is 1090. The van der Waals surface area contributed by atoms with Crippen molar-refractivity contribution in [2.45, 2.75) is 47.6 Å². The molecule has 0 bridgehead atoms. The van der Waals surface area contributed by atoms with E-state index in [-0.39, 0.29) is 19.2 Å². The zero-order valence-corrected chi connectivity index (χ0v) is 20.0. The Morgan fingerprint density at radius 1 is 1.03 bits per heavy atom. The van der Waals surface area contributed by atoms with Gasteiger partial charge in [-0.2, -0.15) is 0 Å². The molecule has 0 fully saturated rings. The Morgan fingerprint density at radius 3 is 2.44 bits per heavy atom. The second-order valence-electron chi connectivity index (χ2n) is 8.38. The highest BCUT2D eigenvalue weighted by atomic mass is 16.5. The zero-order valence-electron chi connectivity index (χ0n) is 20.0. The van der Waals surface area contributed by atoms with Gasteiger partial charge in [0.15, 0.2) is 0 Å². The van der Waals surface area contributed by atoms with Crippen molar-refractivity contribution in [3.8, 4) is 5.75 Å². The Labute approximate surface area is 190 Å². The summed E-state index contributed by atoms with van der Waals surface area (Å²) in [6, 6.07) is 9.16. The van der Waals surface area contributed by atoms with Crippen molar-refractivity contribution in [2.24, 2.45) is 0 Å². The van der Waals surface area contributed by atoms with Crippen LogP contribution < -0.4 is 10.1 Å². The number of amides is 2. The fourth-order valence-electron chi connectivity index (χ4n) is 3.98. The molecule has 6 heteroatoms. The van der Waals surface area contributed by atoms with Crippen LogP contribution in [0.15, 0.2) is 41.6 Å². The van der Waals surface area contributed by atoms with E-state index in [2.05, 4.69) is 11.4 Å². The van der Waals surface area contributed by atoms with Crippen LogP contribution in [0.4, 0.5) is 4.79 Å². The molecule has 0 spiro atoms. The first-order chi connectivity index (χ1) is 15.1. The molecule has 1 aliphatic rings. The molecule has 1 N–H and O–H groups in total. The largest absolute Gasteiger partial charge is 0.487 e. The molecule has 6 nitrogen and oxygen atoms in total. The summed E-state index contributed by atoms with van der Waals surface area (Å²) in [6.45, 7) is 12.1. The topological polar surface area (TPSA) is 67.9 Å². The third-order valence-corrected chi connectivity index (χ3v) is 5.95. The minimum absolute atomic E-state index is 0.0726. The number of carbonyl (C=O) groups excluding carboxylic acids is 2. The molecule has 170 valence electrons. The van der Waals surface area contributed by atoms with Crippen LogP contribution in [-0.4, -0.2) is 37.2 Å². The highest BCUT2D eigenvalue weighted by Gasteiger charge is 2.37. The minimum atomic E-state index is -0.614. The van der Waals surface area contributed by atoms with E-state index in [0.29, 0.717) is 11.3 Å². The highest BCUT2D eigenvalue weighted by molar-refractivity contribution is 5.95. The van der Waals surface area contributed by atoms with Gasteiger partial charge in [-0.15, -0.1) is 0 Å². The Balaban J connectivity index is 2.11. The third kappa shape index (κ3) is 4.64. The minimum Gasteiger partial charge on any atom is -0.487 e. The molecule has 1 heterocycles. The van der Waals surface area contributed by atoms with Crippen LogP contribution in [0.1, 0.15) is 46.3 Å². The summed E-state index contributed by atoms with van der Waals surface area (Å²) in [7, 11) is 1.64. The standard InChI is InChI=1S/C26H32N2O4/c1-8-31-25(29)23-21(14-32-22-13-16(3)11-18(5)19(22)6)28(7)26(30)27-24(23)20-12-15(2)9-10-17(20)4/h9-13,24H,8,14H2,1-7H3,(H,27,30)/t24-/m0/s1. The molecule has 0 saturated carbocycles. The monoisotopic (exact) mass is 436 g/mol. The summed E-state index contributed by atoms with van der Waals surface area (Å²) >= 11 is 0. The first kappa shape index (κ1) is 23.4. The normalized spacial score (nSPS) is 16.2. The molecule has 0 aromatic heterocycles. The average molecular weight is 437 g/mol. The first-order valence-electron chi connectivity index (χ1n) is 10.9. The Morgan fingerprint density at radius 2 is 1.75 bits per heavy atom. The van der Waals surface area contributed by atoms with Gasteiger partial charge in [0.05, 0.1) is 23.9 Å². The Kier molecular flexibility index (Phi) is 6.92. The number of esters is 1. The molecule has 0 aliphatic carbocycles.